The molecular formula is C30H39N5O7. The van der Waals surface area contributed by atoms with Crippen LogP contribution in [0.2, 0.25) is 0 Å². The van der Waals surface area contributed by atoms with Crippen LogP contribution in [0.25, 0.3) is 0 Å². The molecular weight excluding hydrogens is 542 g/mol. The summed E-state index contributed by atoms with van der Waals surface area (Å²) in [4.78, 5) is 55.3. The van der Waals surface area contributed by atoms with Crippen molar-refractivity contribution in [1.82, 2.24) is 20.5 Å². The Kier molecular flexibility index (Phi) is 11.5. The third-order valence-corrected chi connectivity index (χ3v) is 7.54. The van der Waals surface area contributed by atoms with Gasteiger partial charge in [-0.3, -0.25) is 9.59 Å². The fraction of sp³-hybridized carbons (Fsp3) is 0.500. The highest BCUT2D eigenvalue weighted by Crippen LogP contribution is 2.27. The highest BCUT2D eigenvalue weighted by atomic mass is 16.6. The van der Waals surface area contributed by atoms with Crippen molar-refractivity contribution in [2.75, 3.05) is 31.6 Å². The molecule has 1 aromatic carbocycles. The number of carbonyl (C=O) groups is 4. The molecule has 4 rings (SSSR count). The average Bonchev–Trinajstić information content (AvgIpc) is 3.66. The number of nitrogens with zero attached hydrogens (tertiary/aromatic N) is 2. The van der Waals surface area contributed by atoms with E-state index in [1.807, 2.05) is 48.5 Å². The third-order valence-electron chi connectivity index (χ3n) is 7.54. The molecule has 42 heavy (non-hydrogen) atoms. The van der Waals surface area contributed by atoms with E-state index in [9.17, 15) is 24.3 Å². The number of aliphatic carboxylic acids is 1. The first-order valence-electron chi connectivity index (χ1n) is 14.4. The SMILES string of the molecule is O=C(CO[C@@H]1C[C@@H](CNc2ccccn2)N(C(=O)OCc2ccccc2)C1)NC[C@H](NC(=O)CC1CCCC1)C(=O)O. The standard InChI is InChI=1S/C30H39N5O7/c36-27(14-21-8-4-5-9-21)34-25(29(38)39)17-33-28(37)20-41-24-15-23(16-32-26-12-6-7-13-31-26)35(18-24)30(40)42-19-22-10-2-1-3-11-22/h1-3,6-7,10-13,21,23-25H,4-5,8-9,14-20H2,(H,31,32)(H,33,37)(H,34,36)(H,38,39)/t23-,24+,25-/m0/s1. The zero-order valence-corrected chi connectivity index (χ0v) is 23.6. The molecule has 226 valence electrons. The minimum absolute atomic E-state index is 0.131. The molecule has 0 bridgehead atoms. The molecule has 1 saturated carbocycles. The molecule has 1 saturated heterocycles. The number of carboxylic acids is 1. The molecule has 1 aromatic heterocycles. The number of pyridine rings is 1. The number of carbonyl (C=O) groups excluding carboxylic acids is 3. The van der Waals surface area contributed by atoms with Crippen LogP contribution < -0.4 is 16.0 Å². The first kappa shape index (κ1) is 30.8. The predicted octanol–water partition coefficient (Wildman–Crippen LogP) is 2.56. The van der Waals surface area contributed by atoms with Gasteiger partial charge in [0.2, 0.25) is 11.8 Å². The second kappa shape index (κ2) is 15.7. The van der Waals surface area contributed by atoms with Gasteiger partial charge in [0.1, 0.15) is 25.1 Å². The van der Waals surface area contributed by atoms with Gasteiger partial charge in [-0.05, 0) is 42.9 Å². The van der Waals surface area contributed by atoms with Gasteiger partial charge in [-0.1, -0.05) is 49.2 Å². The molecule has 1 aliphatic carbocycles. The van der Waals surface area contributed by atoms with E-state index in [2.05, 4.69) is 20.9 Å². The number of nitrogens with one attached hydrogen (secondary N) is 3. The van der Waals surface area contributed by atoms with Crippen LogP contribution in [0.15, 0.2) is 54.7 Å². The number of aromatic nitrogens is 1. The van der Waals surface area contributed by atoms with Crippen molar-refractivity contribution in [2.24, 2.45) is 5.92 Å². The summed E-state index contributed by atoms with van der Waals surface area (Å²) in [6.07, 6.45) is 5.63. The molecule has 12 nitrogen and oxygen atoms in total. The van der Waals surface area contributed by atoms with E-state index in [-0.39, 0.29) is 44.2 Å². The summed E-state index contributed by atoms with van der Waals surface area (Å²) in [5, 5.41) is 17.8. The smallest absolute Gasteiger partial charge is 0.410 e. The Morgan fingerprint density at radius 3 is 2.50 bits per heavy atom. The molecule has 12 heteroatoms. The summed E-state index contributed by atoms with van der Waals surface area (Å²) in [5.41, 5.74) is 0.868. The van der Waals surface area contributed by atoms with Crippen LogP contribution in [0.4, 0.5) is 10.6 Å². The number of hydrogen-bond donors (Lipinski definition) is 4. The molecule has 4 N–H and O–H groups in total. The van der Waals surface area contributed by atoms with Gasteiger partial charge in [-0.2, -0.15) is 0 Å². The first-order chi connectivity index (χ1) is 20.4. The highest BCUT2D eigenvalue weighted by molar-refractivity contribution is 5.85. The van der Waals surface area contributed by atoms with Crippen LogP contribution >= 0.6 is 0 Å². The number of benzene rings is 1. The minimum atomic E-state index is -1.23. The number of carboxylic acid groups (broad SMARTS) is 1. The summed E-state index contributed by atoms with van der Waals surface area (Å²) in [5.74, 6) is -1.11. The van der Waals surface area contributed by atoms with Gasteiger partial charge < -0.3 is 35.4 Å². The molecule has 2 fully saturated rings. The largest absolute Gasteiger partial charge is 0.480 e. The number of likely N-dealkylation sites (tertiary alicyclic amines) is 1. The van der Waals surface area contributed by atoms with Gasteiger partial charge >= 0.3 is 12.1 Å². The summed E-state index contributed by atoms with van der Waals surface area (Å²) in [6.45, 7) is 0.189. The molecule has 0 radical (unpaired) electrons. The zero-order chi connectivity index (χ0) is 29.7. The summed E-state index contributed by atoms with van der Waals surface area (Å²) in [6, 6.07) is 13.4. The number of rotatable bonds is 14. The molecule has 3 amide bonds. The lowest BCUT2D eigenvalue weighted by atomic mass is 10.0. The molecule has 2 aromatic rings. The van der Waals surface area contributed by atoms with E-state index in [1.54, 1.807) is 11.1 Å². The fourth-order valence-electron chi connectivity index (χ4n) is 5.29. The lowest BCUT2D eigenvalue weighted by molar-refractivity contribution is -0.142. The Morgan fingerprint density at radius 2 is 1.79 bits per heavy atom. The maximum Gasteiger partial charge on any atom is 0.410 e. The molecule has 0 spiro atoms. The fourth-order valence-corrected chi connectivity index (χ4v) is 5.29. The Balaban J connectivity index is 1.25. The molecule has 3 atom stereocenters. The number of amides is 3. The average molecular weight is 582 g/mol. The van der Waals surface area contributed by atoms with E-state index < -0.39 is 30.1 Å². The summed E-state index contributed by atoms with van der Waals surface area (Å²) < 4.78 is 11.4. The van der Waals surface area contributed by atoms with Crippen LogP contribution in [-0.2, 0) is 30.5 Å². The molecule has 0 unspecified atom stereocenters. The molecule has 2 aliphatic rings. The second-order valence-electron chi connectivity index (χ2n) is 10.7. The van der Waals surface area contributed by atoms with Crippen molar-refractivity contribution in [1.29, 1.82) is 0 Å². The van der Waals surface area contributed by atoms with Crippen molar-refractivity contribution in [3.63, 3.8) is 0 Å². The van der Waals surface area contributed by atoms with E-state index in [4.69, 9.17) is 9.47 Å². The lowest BCUT2D eigenvalue weighted by Crippen LogP contribution is -2.49. The zero-order valence-electron chi connectivity index (χ0n) is 23.6. The summed E-state index contributed by atoms with van der Waals surface area (Å²) >= 11 is 0. The van der Waals surface area contributed by atoms with Gasteiger partial charge in [0.25, 0.3) is 0 Å². The monoisotopic (exact) mass is 581 g/mol. The van der Waals surface area contributed by atoms with Gasteiger partial charge in [-0.25, -0.2) is 14.6 Å². The van der Waals surface area contributed by atoms with Crippen molar-refractivity contribution in [2.45, 2.75) is 63.3 Å². The maximum atomic E-state index is 13.0. The second-order valence-corrected chi connectivity index (χ2v) is 10.7. The van der Waals surface area contributed by atoms with Crippen molar-refractivity contribution in [3.05, 3.63) is 60.3 Å². The Morgan fingerprint density at radius 1 is 1.02 bits per heavy atom. The maximum absolute atomic E-state index is 13.0. The quantitative estimate of drug-likeness (QED) is 0.263. The number of ether oxygens (including phenoxy) is 2. The van der Waals surface area contributed by atoms with E-state index in [1.165, 1.54) is 0 Å². The van der Waals surface area contributed by atoms with Gasteiger partial charge in [0, 0.05) is 25.7 Å². The van der Waals surface area contributed by atoms with Crippen LogP contribution in [-0.4, -0.2) is 83.3 Å². The normalized spacial score (nSPS) is 19.2. The van der Waals surface area contributed by atoms with E-state index in [0.29, 0.717) is 25.2 Å². The molecule has 1 aliphatic heterocycles. The Hall–Kier alpha value is -4.19. The van der Waals surface area contributed by atoms with Gasteiger partial charge in [0.05, 0.1) is 18.7 Å². The highest BCUT2D eigenvalue weighted by Gasteiger charge is 2.37. The Bertz CT molecular complexity index is 1180. The predicted molar refractivity (Wildman–Crippen MR) is 153 cm³/mol. The van der Waals surface area contributed by atoms with Crippen molar-refractivity contribution >= 4 is 29.7 Å². The van der Waals surface area contributed by atoms with Gasteiger partial charge in [-0.15, -0.1) is 0 Å². The number of hydrogen-bond acceptors (Lipinski definition) is 8. The minimum Gasteiger partial charge on any atom is -0.480 e. The third kappa shape index (κ3) is 9.72. The van der Waals surface area contributed by atoms with Crippen molar-refractivity contribution in [3.8, 4) is 0 Å². The van der Waals surface area contributed by atoms with E-state index >= 15 is 0 Å². The summed E-state index contributed by atoms with van der Waals surface area (Å²) in [7, 11) is 0. The van der Waals surface area contributed by atoms with Crippen LogP contribution in [0.5, 0.6) is 0 Å². The lowest BCUT2D eigenvalue weighted by Gasteiger charge is -2.24. The molecule has 2 heterocycles. The van der Waals surface area contributed by atoms with Crippen molar-refractivity contribution < 1.29 is 33.8 Å². The van der Waals surface area contributed by atoms with Crippen LogP contribution in [0.1, 0.15) is 44.1 Å². The van der Waals surface area contributed by atoms with Crippen LogP contribution in [0.3, 0.4) is 0 Å². The Labute approximate surface area is 245 Å². The van der Waals surface area contributed by atoms with E-state index in [0.717, 1.165) is 31.2 Å². The van der Waals surface area contributed by atoms with Crippen LogP contribution in [0, 0.1) is 5.92 Å². The van der Waals surface area contributed by atoms with Gasteiger partial charge in [0.15, 0.2) is 0 Å². The number of anilines is 1. The topological polar surface area (TPSA) is 159 Å². The first-order valence-corrected chi connectivity index (χ1v) is 14.4.